The van der Waals surface area contributed by atoms with Gasteiger partial charge < -0.3 is 20.4 Å². The van der Waals surface area contributed by atoms with Gasteiger partial charge in [-0.05, 0) is 51.5 Å². The van der Waals surface area contributed by atoms with Crippen molar-refractivity contribution in [3.05, 3.63) is 35.4 Å². The molecular formula is C19H34IN5. The number of hydrogen-bond acceptors (Lipinski definition) is 3. The highest BCUT2D eigenvalue weighted by atomic mass is 127. The van der Waals surface area contributed by atoms with Gasteiger partial charge in [-0.3, -0.25) is 0 Å². The second kappa shape index (κ2) is 12.5. The van der Waals surface area contributed by atoms with Crippen LogP contribution in [0.2, 0.25) is 0 Å². The molecular weight excluding hydrogens is 425 g/mol. The van der Waals surface area contributed by atoms with E-state index in [1.54, 1.807) is 0 Å². The second-order valence-corrected chi connectivity index (χ2v) is 6.55. The van der Waals surface area contributed by atoms with Crippen LogP contribution in [0, 0.1) is 6.92 Å². The standard InChI is InChI=1S/C19H33N5.HI/c1-4-20-19(22-16-18-9-6-5-8-17(18)2)21-10-13-24-12-7-11-23(3)14-15-24;/h5-6,8-9H,4,7,10-16H2,1-3H3,(H2,20,21,22);1H. The topological polar surface area (TPSA) is 42.9 Å². The zero-order valence-electron chi connectivity index (χ0n) is 15.9. The number of rotatable bonds is 6. The highest BCUT2D eigenvalue weighted by molar-refractivity contribution is 14.0. The summed E-state index contributed by atoms with van der Waals surface area (Å²) in [6, 6.07) is 8.44. The molecule has 0 spiro atoms. The first kappa shape index (κ1) is 22.2. The fourth-order valence-electron chi connectivity index (χ4n) is 2.95. The molecule has 1 aliphatic heterocycles. The third-order valence-electron chi connectivity index (χ3n) is 4.55. The first-order valence-electron chi connectivity index (χ1n) is 9.16. The summed E-state index contributed by atoms with van der Waals surface area (Å²) >= 11 is 0. The maximum atomic E-state index is 4.73. The van der Waals surface area contributed by atoms with Crippen molar-refractivity contribution in [1.29, 1.82) is 0 Å². The summed E-state index contributed by atoms with van der Waals surface area (Å²) in [5, 5.41) is 6.81. The molecule has 0 atom stereocenters. The molecule has 0 radical (unpaired) electrons. The number of hydrogen-bond donors (Lipinski definition) is 2. The highest BCUT2D eigenvalue weighted by Gasteiger charge is 2.11. The normalized spacial score (nSPS) is 16.8. The Morgan fingerprint density at radius 3 is 2.68 bits per heavy atom. The van der Waals surface area contributed by atoms with Crippen molar-refractivity contribution < 1.29 is 0 Å². The van der Waals surface area contributed by atoms with Gasteiger partial charge in [0.25, 0.3) is 0 Å². The highest BCUT2D eigenvalue weighted by Crippen LogP contribution is 2.07. The van der Waals surface area contributed by atoms with Gasteiger partial charge in [0, 0.05) is 32.7 Å². The predicted molar refractivity (Wildman–Crippen MR) is 118 cm³/mol. The molecule has 1 fully saturated rings. The molecule has 1 aromatic carbocycles. The van der Waals surface area contributed by atoms with Gasteiger partial charge in [-0.15, -0.1) is 24.0 Å². The second-order valence-electron chi connectivity index (χ2n) is 6.55. The van der Waals surface area contributed by atoms with Gasteiger partial charge in [0.15, 0.2) is 5.96 Å². The molecule has 142 valence electrons. The van der Waals surface area contributed by atoms with Crippen molar-refractivity contribution in [1.82, 2.24) is 20.4 Å². The van der Waals surface area contributed by atoms with E-state index in [1.807, 2.05) is 0 Å². The molecule has 1 aliphatic rings. The lowest BCUT2D eigenvalue weighted by Crippen LogP contribution is -2.42. The van der Waals surface area contributed by atoms with Crippen molar-refractivity contribution in [2.75, 3.05) is 52.9 Å². The van der Waals surface area contributed by atoms with Crippen LogP contribution in [0.3, 0.4) is 0 Å². The molecule has 1 aromatic rings. The lowest BCUT2D eigenvalue weighted by Gasteiger charge is -2.21. The lowest BCUT2D eigenvalue weighted by molar-refractivity contribution is 0.280. The first-order valence-corrected chi connectivity index (χ1v) is 9.16. The smallest absolute Gasteiger partial charge is 0.191 e. The van der Waals surface area contributed by atoms with Crippen LogP contribution in [0.1, 0.15) is 24.5 Å². The lowest BCUT2D eigenvalue weighted by atomic mass is 10.1. The van der Waals surface area contributed by atoms with Gasteiger partial charge in [0.2, 0.25) is 0 Å². The quantitative estimate of drug-likeness (QED) is 0.390. The van der Waals surface area contributed by atoms with Crippen LogP contribution in [-0.2, 0) is 6.54 Å². The molecule has 0 unspecified atom stereocenters. The fourth-order valence-corrected chi connectivity index (χ4v) is 2.95. The van der Waals surface area contributed by atoms with Gasteiger partial charge in [-0.1, -0.05) is 24.3 Å². The summed E-state index contributed by atoms with van der Waals surface area (Å²) in [6.45, 7) is 12.6. The van der Waals surface area contributed by atoms with Crippen LogP contribution in [0.15, 0.2) is 29.3 Å². The minimum Gasteiger partial charge on any atom is -0.357 e. The Labute approximate surface area is 170 Å². The van der Waals surface area contributed by atoms with Gasteiger partial charge in [-0.2, -0.15) is 0 Å². The number of aliphatic imine (C=N–C) groups is 1. The van der Waals surface area contributed by atoms with E-state index in [2.05, 4.69) is 65.6 Å². The van der Waals surface area contributed by atoms with E-state index >= 15 is 0 Å². The minimum atomic E-state index is 0. The average molecular weight is 459 g/mol. The van der Waals surface area contributed by atoms with Crippen molar-refractivity contribution >= 4 is 29.9 Å². The molecule has 0 aliphatic carbocycles. The van der Waals surface area contributed by atoms with E-state index in [-0.39, 0.29) is 24.0 Å². The summed E-state index contributed by atoms with van der Waals surface area (Å²) < 4.78 is 0. The number of nitrogens with zero attached hydrogens (tertiary/aromatic N) is 3. The Balaban J connectivity index is 0.00000312. The zero-order valence-corrected chi connectivity index (χ0v) is 18.3. The summed E-state index contributed by atoms with van der Waals surface area (Å²) in [6.07, 6.45) is 1.26. The number of aryl methyl sites for hydroxylation is 1. The molecule has 2 rings (SSSR count). The number of halogens is 1. The Bertz CT molecular complexity index is 520. The summed E-state index contributed by atoms with van der Waals surface area (Å²) in [5.41, 5.74) is 2.58. The Morgan fingerprint density at radius 1 is 1.12 bits per heavy atom. The monoisotopic (exact) mass is 459 g/mol. The van der Waals surface area contributed by atoms with E-state index < -0.39 is 0 Å². The molecule has 6 heteroatoms. The third-order valence-corrected chi connectivity index (χ3v) is 4.55. The van der Waals surface area contributed by atoms with Gasteiger partial charge in [0.1, 0.15) is 0 Å². The molecule has 1 heterocycles. The Kier molecular flexibility index (Phi) is 11.1. The van der Waals surface area contributed by atoms with E-state index in [0.717, 1.165) is 38.7 Å². The van der Waals surface area contributed by atoms with Crippen LogP contribution < -0.4 is 10.6 Å². The Morgan fingerprint density at radius 2 is 1.92 bits per heavy atom. The molecule has 25 heavy (non-hydrogen) atoms. The van der Waals surface area contributed by atoms with E-state index in [1.165, 1.54) is 37.2 Å². The fraction of sp³-hybridized carbons (Fsp3) is 0.632. The zero-order chi connectivity index (χ0) is 17.2. The van der Waals surface area contributed by atoms with Crippen LogP contribution in [0.4, 0.5) is 0 Å². The largest absolute Gasteiger partial charge is 0.357 e. The van der Waals surface area contributed by atoms with Crippen LogP contribution in [0.25, 0.3) is 0 Å². The number of likely N-dealkylation sites (N-methyl/N-ethyl adjacent to an activating group) is 1. The summed E-state index contributed by atoms with van der Waals surface area (Å²) in [4.78, 5) is 9.69. The summed E-state index contributed by atoms with van der Waals surface area (Å²) in [7, 11) is 2.21. The van der Waals surface area contributed by atoms with E-state index in [9.17, 15) is 0 Å². The number of guanidine groups is 1. The first-order chi connectivity index (χ1) is 11.7. The molecule has 2 N–H and O–H groups in total. The van der Waals surface area contributed by atoms with Crippen molar-refractivity contribution in [2.24, 2.45) is 4.99 Å². The van der Waals surface area contributed by atoms with Gasteiger partial charge in [-0.25, -0.2) is 4.99 Å². The molecule has 0 bridgehead atoms. The van der Waals surface area contributed by atoms with Crippen LogP contribution in [-0.4, -0.2) is 68.6 Å². The number of nitrogens with one attached hydrogen (secondary N) is 2. The third kappa shape index (κ3) is 8.37. The van der Waals surface area contributed by atoms with Crippen molar-refractivity contribution in [2.45, 2.75) is 26.8 Å². The maximum absolute atomic E-state index is 4.73. The molecule has 1 saturated heterocycles. The molecule has 0 amide bonds. The average Bonchev–Trinajstić information content (AvgIpc) is 2.78. The summed E-state index contributed by atoms with van der Waals surface area (Å²) in [5.74, 6) is 0.910. The molecule has 0 aromatic heterocycles. The number of benzene rings is 1. The van der Waals surface area contributed by atoms with E-state index in [0.29, 0.717) is 0 Å². The van der Waals surface area contributed by atoms with Crippen molar-refractivity contribution in [3.63, 3.8) is 0 Å². The SMILES string of the molecule is CCNC(=NCc1ccccc1C)NCCN1CCCN(C)CC1.I. The Hall–Kier alpha value is -0.860. The molecule has 5 nitrogen and oxygen atoms in total. The predicted octanol–water partition coefficient (Wildman–Crippen LogP) is 2.31. The van der Waals surface area contributed by atoms with Crippen molar-refractivity contribution in [3.8, 4) is 0 Å². The minimum absolute atomic E-state index is 0. The van der Waals surface area contributed by atoms with Gasteiger partial charge >= 0.3 is 0 Å². The molecule has 0 saturated carbocycles. The van der Waals surface area contributed by atoms with Gasteiger partial charge in [0.05, 0.1) is 6.54 Å². The van der Waals surface area contributed by atoms with Crippen LogP contribution in [0.5, 0.6) is 0 Å². The van der Waals surface area contributed by atoms with Crippen LogP contribution >= 0.6 is 24.0 Å². The van der Waals surface area contributed by atoms with E-state index in [4.69, 9.17) is 4.99 Å². The maximum Gasteiger partial charge on any atom is 0.191 e.